The highest BCUT2D eigenvalue weighted by atomic mass is 16.5. The summed E-state index contributed by atoms with van der Waals surface area (Å²) in [6.07, 6.45) is 2.41. The molecule has 29 heavy (non-hydrogen) atoms. The van der Waals surface area contributed by atoms with Crippen molar-refractivity contribution < 1.29 is 9.47 Å². The van der Waals surface area contributed by atoms with E-state index in [2.05, 4.69) is 37.1 Å². The average Bonchev–Trinajstić information content (AvgIpc) is 3.45. The number of morpholine rings is 1. The van der Waals surface area contributed by atoms with Gasteiger partial charge in [0, 0.05) is 58.9 Å². The fraction of sp³-hybridized carbons (Fsp3) is 0.682. The van der Waals surface area contributed by atoms with Crippen LogP contribution in [-0.4, -0.2) is 95.0 Å². The van der Waals surface area contributed by atoms with Gasteiger partial charge >= 0.3 is 0 Å². The van der Waals surface area contributed by atoms with E-state index in [9.17, 15) is 0 Å². The predicted octanol–water partition coefficient (Wildman–Crippen LogP) is 1.50. The minimum Gasteiger partial charge on any atom is -0.495 e. The maximum absolute atomic E-state index is 5.54. The number of hydrogen-bond acceptors (Lipinski definition) is 5. The largest absolute Gasteiger partial charge is 0.495 e. The number of guanidine groups is 1. The molecule has 0 spiro atoms. The normalized spacial score (nSPS) is 26.2. The second kappa shape index (κ2) is 9.67. The predicted molar refractivity (Wildman–Crippen MR) is 117 cm³/mol. The fourth-order valence-electron chi connectivity index (χ4n) is 4.85. The molecule has 1 aromatic rings. The van der Waals surface area contributed by atoms with Gasteiger partial charge in [0.25, 0.3) is 0 Å². The summed E-state index contributed by atoms with van der Waals surface area (Å²) in [5.41, 5.74) is 1.20. The molecule has 2 atom stereocenters. The first-order valence-corrected chi connectivity index (χ1v) is 10.9. The van der Waals surface area contributed by atoms with Crippen molar-refractivity contribution in [3.63, 3.8) is 0 Å². The van der Waals surface area contributed by atoms with Gasteiger partial charge in [0.15, 0.2) is 5.96 Å². The number of likely N-dealkylation sites (tertiary alicyclic amines) is 1. The Morgan fingerprint density at radius 1 is 1.14 bits per heavy atom. The molecular weight excluding hydrogens is 366 g/mol. The van der Waals surface area contributed by atoms with Crippen LogP contribution in [0.3, 0.4) is 0 Å². The SMILES string of the molecule is CN=C(NCC1CCN(c2ccccc2OC)C1)N1CCC(N2CCOCC2)C1. The van der Waals surface area contributed by atoms with Gasteiger partial charge in [-0.3, -0.25) is 9.89 Å². The van der Waals surface area contributed by atoms with Gasteiger partial charge in [-0.05, 0) is 30.9 Å². The highest BCUT2D eigenvalue weighted by Crippen LogP contribution is 2.31. The fourth-order valence-corrected chi connectivity index (χ4v) is 4.85. The van der Waals surface area contributed by atoms with Crippen molar-refractivity contribution in [2.45, 2.75) is 18.9 Å². The summed E-state index contributed by atoms with van der Waals surface area (Å²) in [6.45, 7) is 9.11. The quantitative estimate of drug-likeness (QED) is 0.596. The molecule has 3 aliphatic heterocycles. The Kier molecular flexibility index (Phi) is 6.77. The third-order valence-electron chi connectivity index (χ3n) is 6.50. The lowest BCUT2D eigenvalue weighted by Crippen LogP contribution is -2.47. The smallest absolute Gasteiger partial charge is 0.193 e. The van der Waals surface area contributed by atoms with Crippen molar-refractivity contribution in [2.75, 3.05) is 78.1 Å². The molecule has 3 aliphatic rings. The molecule has 4 rings (SSSR count). The number of para-hydroxylation sites is 2. The third-order valence-corrected chi connectivity index (χ3v) is 6.50. The number of nitrogens with zero attached hydrogens (tertiary/aromatic N) is 4. The van der Waals surface area contributed by atoms with Crippen molar-refractivity contribution in [3.8, 4) is 5.75 Å². The summed E-state index contributed by atoms with van der Waals surface area (Å²) in [7, 11) is 3.65. The Bertz CT molecular complexity index is 692. The van der Waals surface area contributed by atoms with Crippen LogP contribution in [0.4, 0.5) is 5.69 Å². The Hall–Kier alpha value is -1.99. The number of methoxy groups -OCH3 is 1. The molecule has 160 valence electrons. The second-order valence-electron chi connectivity index (χ2n) is 8.24. The molecule has 0 saturated carbocycles. The van der Waals surface area contributed by atoms with Crippen LogP contribution < -0.4 is 15.0 Å². The zero-order chi connectivity index (χ0) is 20.1. The number of ether oxygens (including phenoxy) is 2. The van der Waals surface area contributed by atoms with E-state index in [-0.39, 0.29) is 0 Å². The Morgan fingerprint density at radius 3 is 2.76 bits per heavy atom. The van der Waals surface area contributed by atoms with E-state index in [0.717, 1.165) is 70.7 Å². The van der Waals surface area contributed by atoms with E-state index in [1.54, 1.807) is 7.11 Å². The topological polar surface area (TPSA) is 52.6 Å². The molecule has 3 heterocycles. The monoisotopic (exact) mass is 401 g/mol. The summed E-state index contributed by atoms with van der Waals surface area (Å²) in [4.78, 5) is 12.0. The van der Waals surface area contributed by atoms with Crippen molar-refractivity contribution in [1.29, 1.82) is 0 Å². The highest BCUT2D eigenvalue weighted by Gasteiger charge is 2.31. The van der Waals surface area contributed by atoms with Gasteiger partial charge in [0.05, 0.1) is 26.0 Å². The Labute approximate surface area is 174 Å². The van der Waals surface area contributed by atoms with E-state index >= 15 is 0 Å². The van der Waals surface area contributed by atoms with Crippen LogP contribution in [0.1, 0.15) is 12.8 Å². The minimum atomic E-state index is 0.620. The summed E-state index contributed by atoms with van der Waals surface area (Å²) in [6, 6.07) is 8.94. The molecule has 3 fully saturated rings. The van der Waals surface area contributed by atoms with Crippen molar-refractivity contribution >= 4 is 11.6 Å². The zero-order valence-corrected chi connectivity index (χ0v) is 17.8. The number of hydrogen-bond donors (Lipinski definition) is 1. The average molecular weight is 402 g/mol. The lowest BCUT2D eigenvalue weighted by Gasteiger charge is -2.32. The molecular formula is C22H35N5O2. The Balaban J connectivity index is 1.26. The molecule has 0 aliphatic carbocycles. The molecule has 0 aromatic heterocycles. The molecule has 1 N–H and O–H groups in total. The van der Waals surface area contributed by atoms with Crippen molar-refractivity contribution in [1.82, 2.24) is 15.1 Å². The van der Waals surface area contributed by atoms with Crippen LogP contribution in [-0.2, 0) is 4.74 Å². The second-order valence-corrected chi connectivity index (χ2v) is 8.24. The van der Waals surface area contributed by atoms with Crippen LogP contribution >= 0.6 is 0 Å². The number of rotatable bonds is 5. The van der Waals surface area contributed by atoms with E-state index in [1.165, 1.54) is 18.5 Å². The summed E-state index contributed by atoms with van der Waals surface area (Å²) < 4.78 is 11.0. The van der Waals surface area contributed by atoms with Crippen LogP contribution in [0.25, 0.3) is 0 Å². The van der Waals surface area contributed by atoms with E-state index in [1.807, 2.05) is 19.2 Å². The number of aliphatic imine (C=N–C) groups is 1. The maximum atomic E-state index is 5.54. The third kappa shape index (κ3) is 4.78. The zero-order valence-electron chi connectivity index (χ0n) is 17.8. The lowest BCUT2D eigenvalue weighted by molar-refractivity contribution is 0.0195. The lowest BCUT2D eigenvalue weighted by atomic mass is 10.1. The van der Waals surface area contributed by atoms with Gasteiger partial charge in [-0.25, -0.2) is 0 Å². The Morgan fingerprint density at radius 2 is 1.97 bits per heavy atom. The van der Waals surface area contributed by atoms with E-state index in [4.69, 9.17) is 9.47 Å². The standard InChI is InChI=1S/C22H35N5O2/c1-23-22(27-10-8-19(17-27)25-11-13-29-14-12-25)24-15-18-7-9-26(16-18)20-5-3-4-6-21(20)28-2/h3-6,18-19H,7-17H2,1-2H3,(H,23,24). The van der Waals surface area contributed by atoms with Crippen molar-refractivity contribution in [3.05, 3.63) is 24.3 Å². The molecule has 2 unspecified atom stereocenters. The van der Waals surface area contributed by atoms with Crippen molar-refractivity contribution in [2.24, 2.45) is 10.9 Å². The van der Waals surface area contributed by atoms with Gasteiger partial charge in [-0.2, -0.15) is 0 Å². The first kappa shape index (κ1) is 20.3. The molecule has 7 heteroatoms. The molecule has 7 nitrogen and oxygen atoms in total. The summed E-state index contributed by atoms with van der Waals surface area (Å²) >= 11 is 0. The van der Waals surface area contributed by atoms with Gasteiger partial charge < -0.3 is 24.6 Å². The number of nitrogens with one attached hydrogen (secondary N) is 1. The van der Waals surface area contributed by atoms with Crippen LogP contribution in [0.2, 0.25) is 0 Å². The van der Waals surface area contributed by atoms with Crippen LogP contribution in [0.15, 0.2) is 29.3 Å². The van der Waals surface area contributed by atoms with Gasteiger partial charge in [-0.15, -0.1) is 0 Å². The van der Waals surface area contributed by atoms with E-state index in [0.29, 0.717) is 12.0 Å². The van der Waals surface area contributed by atoms with Crippen LogP contribution in [0.5, 0.6) is 5.75 Å². The molecule has 3 saturated heterocycles. The van der Waals surface area contributed by atoms with Gasteiger partial charge in [0.2, 0.25) is 0 Å². The number of anilines is 1. The molecule has 1 aromatic carbocycles. The van der Waals surface area contributed by atoms with Gasteiger partial charge in [0.1, 0.15) is 5.75 Å². The van der Waals surface area contributed by atoms with Gasteiger partial charge in [-0.1, -0.05) is 12.1 Å². The molecule has 0 amide bonds. The number of benzene rings is 1. The summed E-state index contributed by atoms with van der Waals surface area (Å²) in [5.74, 6) is 2.63. The summed E-state index contributed by atoms with van der Waals surface area (Å²) in [5, 5.41) is 3.65. The first-order chi connectivity index (χ1) is 14.3. The van der Waals surface area contributed by atoms with E-state index < -0.39 is 0 Å². The first-order valence-electron chi connectivity index (χ1n) is 10.9. The maximum Gasteiger partial charge on any atom is 0.193 e. The minimum absolute atomic E-state index is 0.620. The highest BCUT2D eigenvalue weighted by molar-refractivity contribution is 5.80. The van der Waals surface area contributed by atoms with Crippen LogP contribution in [0, 0.1) is 5.92 Å². The molecule has 0 radical (unpaired) electrons. The molecule has 0 bridgehead atoms.